The molecular weight excluding hydrogens is 431 g/mol. The third-order valence-corrected chi connectivity index (χ3v) is 6.60. The van der Waals surface area contributed by atoms with Crippen molar-refractivity contribution in [3.8, 4) is 11.3 Å². The second-order valence-corrected chi connectivity index (χ2v) is 9.84. The fraction of sp³-hybridized carbons (Fsp3) is 0.364. The SMILES string of the molecule is CS(=O)(=O)c1ccc(-c2cnc(CCNC3CCN(c4ncccn4)CC3)cn2)c(F)c1. The zero-order chi connectivity index (χ0) is 22.6. The summed E-state index contributed by atoms with van der Waals surface area (Å²) in [5.41, 5.74) is 1.41. The highest BCUT2D eigenvalue weighted by atomic mass is 32.2. The van der Waals surface area contributed by atoms with Crippen molar-refractivity contribution in [2.75, 3.05) is 30.8 Å². The lowest BCUT2D eigenvalue weighted by molar-refractivity contribution is 0.414. The third kappa shape index (κ3) is 5.43. The first-order valence-corrected chi connectivity index (χ1v) is 12.4. The number of benzene rings is 1. The number of nitrogens with one attached hydrogen (secondary N) is 1. The average molecular weight is 457 g/mol. The minimum absolute atomic E-state index is 0.0588. The maximum atomic E-state index is 14.4. The van der Waals surface area contributed by atoms with Crippen molar-refractivity contribution in [1.29, 1.82) is 0 Å². The molecular formula is C22H25FN6O2S. The van der Waals surface area contributed by atoms with Crippen LogP contribution in [0.5, 0.6) is 0 Å². The first-order valence-electron chi connectivity index (χ1n) is 10.5. The Hall–Kier alpha value is -2.98. The molecule has 1 saturated heterocycles. The molecule has 0 unspecified atom stereocenters. The minimum atomic E-state index is -3.46. The monoisotopic (exact) mass is 456 g/mol. The largest absolute Gasteiger partial charge is 0.341 e. The summed E-state index contributed by atoms with van der Waals surface area (Å²) in [4.78, 5) is 19.5. The van der Waals surface area contributed by atoms with Gasteiger partial charge in [-0.05, 0) is 37.1 Å². The van der Waals surface area contributed by atoms with E-state index in [-0.39, 0.29) is 10.5 Å². The number of aromatic nitrogens is 4. The van der Waals surface area contributed by atoms with Crippen LogP contribution in [0.2, 0.25) is 0 Å². The molecule has 1 aliphatic rings. The molecule has 0 aliphatic carbocycles. The second kappa shape index (κ2) is 9.66. The summed E-state index contributed by atoms with van der Waals surface area (Å²) in [6, 6.07) is 6.06. The van der Waals surface area contributed by atoms with Crippen molar-refractivity contribution in [2.45, 2.75) is 30.2 Å². The van der Waals surface area contributed by atoms with Gasteiger partial charge in [-0.15, -0.1) is 0 Å². The molecule has 1 aliphatic heterocycles. The number of hydrogen-bond acceptors (Lipinski definition) is 8. The maximum absolute atomic E-state index is 14.4. The number of piperidine rings is 1. The Balaban J connectivity index is 1.27. The van der Waals surface area contributed by atoms with E-state index < -0.39 is 15.7 Å². The lowest BCUT2D eigenvalue weighted by atomic mass is 10.1. The Labute approximate surface area is 186 Å². The molecule has 168 valence electrons. The molecule has 32 heavy (non-hydrogen) atoms. The van der Waals surface area contributed by atoms with E-state index in [1.807, 2.05) is 6.07 Å². The van der Waals surface area contributed by atoms with Crippen molar-refractivity contribution in [3.05, 3.63) is 60.6 Å². The number of sulfone groups is 1. The third-order valence-electron chi connectivity index (χ3n) is 5.49. The van der Waals surface area contributed by atoms with Crippen LogP contribution in [0.4, 0.5) is 10.3 Å². The molecule has 0 spiro atoms. The Morgan fingerprint density at radius 1 is 1.09 bits per heavy atom. The summed E-state index contributed by atoms with van der Waals surface area (Å²) in [6.07, 6.45) is 10.5. The van der Waals surface area contributed by atoms with Gasteiger partial charge in [-0.2, -0.15) is 0 Å². The van der Waals surface area contributed by atoms with Gasteiger partial charge in [-0.1, -0.05) is 0 Å². The molecule has 8 nitrogen and oxygen atoms in total. The van der Waals surface area contributed by atoms with Crippen LogP contribution < -0.4 is 10.2 Å². The summed E-state index contributed by atoms with van der Waals surface area (Å²) < 4.78 is 37.5. The number of anilines is 1. The van der Waals surface area contributed by atoms with Gasteiger partial charge in [0.1, 0.15) is 5.82 Å². The van der Waals surface area contributed by atoms with Gasteiger partial charge in [0, 0.05) is 62.5 Å². The summed E-state index contributed by atoms with van der Waals surface area (Å²) in [5, 5.41) is 3.57. The van der Waals surface area contributed by atoms with E-state index in [1.54, 1.807) is 18.6 Å². The molecule has 2 aromatic heterocycles. The van der Waals surface area contributed by atoms with Crippen molar-refractivity contribution < 1.29 is 12.8 Å². The van der Waals surface area contributed by atoms with E-state index in [9.17, 15) is 12.8 Å². The van der Waals surface area contributed by atoms with Crippen LogP contribution in [0.25, 0.3) is 11.3 Å². The van der Waals surface area contributed by atoms with Gasteiger partial charge in [0.2, 0.25) is 5.95 Å². The van der Waals surface area contributed by atoms with Crippen LogP contribution in [-0.2, 0) is 16.3 Å². The van der Waals surface area contributed by atoms with Crippen molar-refractivity contribution in [2.24, 2.45) is 0 Å². The minimum Gasteiger partial charge on any atom is -0.341 e. The van der Waals surface area contributed by atoms with Crippen molar-refractivity contribution >= 4 is 15.8 Å². The number of halogens is 1. The molecule has 1 fully saturated rings. The van der Waals surface area contributed by atoms with Gasteiger partial charge in [0.25, 0.3) is 0 Å². The van der Waals surface area contributed by atoms with Gasteiger partial charge in [-0.25, -0.2) is 22.8 Å². The van der Waals surface area contributed by atoms with Crippen molar-refractivity contribution in [1.82, 2.24) is 25.3 Å². The zero-order valence-corrected chi connectivity index (χ0v) is 18.6. The predicted octanol–water partition coefficient (Wildman–Crippen LogP) is 2.28. The van der Waals surface area contributed by atoms with Crippen LogP contribution in [-0.4, -0.2) is 60.3 Å². The van der Waals surface area contributed by atoms with Gasteiger partial charge < -0.3 is 10.2 Å². The van der Waals surface area contributed by atoms with E-state index in [1.165, 1.54) is 18.3 Å². The quantitative estimate of drug-likeness (QED) is 0.578. The van der Waals surface area contributed by atoms with Crippen LogP contribution in [0.1, 0.15) is 18.5 Å². The molecule has 4 rings (SSSR count). The summed E-state index contributed by atoms with van der Waals surface area (Å²) in [6.45, 7) is 2.61. The molecule has 1 N–H and O–H groups in total. The topological polar surface area (TPSA) is 101 Å². The van der Waals surface area contributed by atoms with Crippen LogP contribution in [0.3, 0.4) is 0 Å². The second-order valence-electron chi connectivity index (χ2n) is 7.82. The number of hydrogen-bond donors (Lipinski definition) is 1. The fourth-order valence-corrected chi connectivity index (χ4v) is 4.33. The molecule has 0 amide bonds. The maximum Gasteiger partial charge on any atom is 0.225 e. The average Bonchev–Trinajstić information content (AvgIpc) is 2.80. The normalized spacial score (nSPS) is 15.1. The first-order chi connectivity index (χ1) is 15.4. The molecule has 0 radical (unpaired) electrons. The lowest BCUT2D eigenvalue weighted by Crippen LogP contribution is -2.43. The molecule has 0 saturated carbocycles. The standard InChI is InChI=1S/C22H25FN6O2S/c1-32(30,31)18-3-4-19(20(23)13-18)21-15-27-17(14-28-21)5-10-24-16-6-11-29(12-7-16)22-25-8-2-9-26-22/h2-4,8-9,13-16,24H,5-7,10-12H2,1H3. The Bertz CT molecular complexity index is 1150. The summed E-state index contributed by atoms with van der Waals surface area (Å²) in [7, 11) is -3.46. The van der Waals surface area contributed by atoms with Crippen LogP contribution >= 0.6 is 0 Å². The smallest absolute Gasteiger partial charge is 0.225 e. The number of rotatable bonds is 7. The summed E-state index contributed by atoms with van der Waals surface area (Å²) >= 11 is 0. The molecule has 3 aromatic rings. The molecule has 10 heteroatoms. The highest BCUT2D eigenvalue weighted by molar-refractivity contribution is 7.90. The Morgan fingerprint density at radius 3 is 2.47 bits per heavy atom. The van der Waals surface area contributed by atoms with E-state index in [2.05, 4.69) is 30.2 Å². The Morgan fingerprint density at radius 2 is 1.84 bits per heavy atom. The van der Waals surface area contributed by atoms with Crippen LogP contribution in [0.15, 0.2) is 53.9 Å². The van der Waals surface area contributed by atoms with Gasteiger partial charge in [-0.3, -0.25) is 9.97 Å². The van der Waals surface area contributed by atoms with Gasteiger partial charge in [0.15, 0.2) is 9.84 Å². The first kappa shape index (κ1) is 22.2. The van der Waals surface area contributed by atoms with Gasteiger partial charge >= 0.3 is 0 Å². The fourth-order valence-electron chi connectivity index (χ4n) is 3.70. The lowest BCUT2D eigenvalue weighted by Gasteiger charge is -2.32. The van der Waals surface area contributed by atoms with Crippen LogP contribution in [0, 0.1) is 5.82 Å². The molecule has 0 atom stereocenters. The molecule has 0 bridgehead atoms. The van der Waals surface area contributed by atoms with E-state index in [0.29, 0.717) is 18.2 Å². The summed E-state index contributed by atoms with van der Waals surface area (Å²) in [5.74, 6) is 0.146. The Kier molecular flexibility index (Phi) is 6.71. The predicted molar refractivity (Wildman–Crippen MR) is 120 cm³/mol. The van der Waals surface area contributed by atoms with Crippen molar-refractivity contribution in [3.63, 3.8) is 0 Å². The zero-order valence-electron chi connectivity index (χ0n) is 17.8. The highest BCUT2D eigenvalue weighted by Crippen LogP contribution is 2.23. The highest BCUT2D eigenvalue weighted by Gasteiger charge is 2.20. The van der Waals surface area contributed by atoms with E-state index in [4.69, 9.17) is 0 Å². The van der Waals surface area contributed by atoms with E-state index >= 15 is 0 Å². The molecule has 3 heterocycles. The number of nitrogens with zero attached hydrogens (tertiary/aromatic N) is 5. The van der Waals surface area contributed by atoms with Gasteiger partial charge in [0.05, 0.1) is 22.5 Å². The van der Waals surface area contributed by atoms with E-state index in [0.717, 1.165) is 56.4 Å². The molecule has 1 aromatic carbocycles.